The fourth-order valence-electron chi connectivity index (χ4n) is 3.08. The maximum absolute atomic E-state index is 12.5. The molecule has 1 aliphatic heterocycles. The van der Waals surface area contributed by atoms with Crippen molar-refractivity contribution in [2.75, 3.05) is 26.0 Å². The topological polar surface area (TPSA) is 64.6 Å². The van der Waals surface area contributed by atoms with E-state index in [1.54, 1.807) is 0 Å². The van der Waals surface area contributed by atoms with E-state index >= 15 is 0 Å². The first-order chi connectivity index (χ1) is 9.03. The Bertz CT molecular complexity index is 389. The Labute approximate surface area is 116 Å². The smallest absolute Gasteiger partial charge is 0.169 e. The number of hydrogen-bond acceptors (Lipinski definition) is 5. The second kappa shape index (κ2) is 6.08. The lowest BCUT2D eigenvalue weighted by Gasteiger charge is -2.40. The molecule has 2 unspecified atom stereocenters. The van der Waals surface area contributed by atoms with Crippen LogP contribution in [0.4, 0.5) is 0 Å². The summed E-state index contributed by atoms with van der Waals surface area (Å²) < 4.78 is 36.4. The van der Waals surface area contributed by atoms with E-state index in [1.165, 1.54) is 0 Å². The molecule has 5 nitrogen and oxygen atoms in total. The molecule has 2 fully saturated rings. The number of nitrogens with one attached hydrogen (secondary N) is 1. The van der Waals surface area contributed by atoms with E-state index in [2.05, 4.69) is 5.32 Å². The highest BCUT2D eigenvalue weighted by molar-refractivity contribution is 7.92. The molecule has 2 aliphatic rings. The van der Waals surface area contributed by atoms with E-state index in [0.29, 0.717) is 19.6 Å². The third-order valence-electron chi connectivity index (χ3n) is 4.23. The zero-order valence-corrected chi connectivity index (χ0v) is 12.7. The zero-order valence-electron chi connectivity index (χ0n) is 11.9. The normalized spacial score (nSPS) is 30.8. The molecule has 0 amide bonds. The second-order valence-electron chi connectivity index (χ2n) is 5.50. The van der Waals surface area contributed by atoms with Gasteiger partial charge in [-0.2, -0.15) is 0 Å². The number of rotatable bonds is 5. The van der Waals surface area contributed by atoms with E-state index in [9.17, 15) is 8.42 Å². The van der Waals surface area contributed by atoms with Crippen LogP contribution < -0.4 is 5.32 Å². The molecule has 1 spiro atoms. The molecule has 1 heterocycles. The van der Waals surface area contributed by atoms with Crippen molar-refractivity contribution in [2.24, 2.45) is 0 Å². The van der Waals surface area contributed by atoms with Crippen molar-refractivity contribution in [3.63, 3.8) is 0 Å². The fourth-order valence-corrected chi connectivity index (χ4v) is 5.35. The minimum absolute atomic E-state index is 0.0141. The van der Waals surface area contributed by atoms with Gasteiger partial charge in [0.05, 0.1) is 24.2 Å². The van der Waals surface area contributed by atoms with E-state index in [0.717, 1.165) is 25.7 Å². The highest BCUT2D eigenvalue weighted by Gasteiger charge is 2.48. The Morgan fingerprint density at radius 1 is 1.32 bits per heavy atom. The standard InChI is InChI=1S/C13H25NO4S/c1-3-4-9-19(15,16)12-10-13(17-7-8-18-13)6-5-11(12)14-2/h11-12,14H,3-10H2,1-2H3. The zero-order chi connectivity index (χ0) is 13.9. The minimum atomic E-state index is -3.09. The lowest BCUT2D eigenvalue weighted by molar-refractivity contribution is -0.178. The Morgan fingerprint density at radius 2 is 2.00 bits per heavy atom. The first-order valence-electron chi connectivity index (χ1n) is 7.20. The molecular formula is C13H25NO4S. The molecule has 0 aromatic carbocycles. The summed E-state index contributed by atoms with van der Waals surface area (Å²) in [6, 6.07) is 0.0141. The van der Waals surface area contributed by atoms with Gasteiger partial charge in [-0.15, -0.1) is 0 Å². The van der Waals surface area contributed by atoms with E-state index < -0.39 is 20.9 Å². The number of sulfone groups is 1. The average molecular weight is 291 g/mol. The lowest BCUT2D eigenvalue weighted by atomic mass is 9.89. The molecule has 1 aliphatic carbocycles. The largest absolute Gasteiger partial charge is 0.347 e. The Balaban J connectivity index is 2.13. The van der Waals surface area contributed by atoms with Crippen LogP contribution in [0.3, 0.4) is 0 Å². The van der Waals surface area contributed by atoms with Crippen molar-refractivity contribution in [3.8, 4) is 0 Å². The maximum atomic E-state index is 12.5. The molecule has 2 rings (SSSR count). The van der Waals surface area contributed by atoms with Gasteiger partial charge in [0.1, 0.15) is 0 Å². The van der Waals surface area contributed by atoms with Crippen LogP contribution in [0.15, 0.2) is 0 Å². The van der Waals surface area contributed by atoms with Crippen molar-refractivity contribution in [2.45, 2.75) is 56.1 Å². The predicted molar refractivity (Wildman–Crippen MR) is 73.8 cm³/mol. The van der Waals surface area contributed by atoms with E-state index in [-0.39, 0.29) is 11.8 Å². The Morgan fingerprint density at radius 3 is 2.58 bits per heavy atom. The first kappa shape index (κ1) is 15.2. The molecule has 0 aromatic heterocycles. The number of unbranched alkanes of at least 4 members (excludes halogenated alkanes) is 1. The van der Waals surface area contributed by atoms with Crippen molar-refractivity contribution in [3.05, 3.63) is 0 Å². The quantitative estimate of drug-likeness (QED) is 0.821. The summed E-state index contributed by atoms with van der Waals surface area (Å²) in [6.45, 7) is 3.16. The van der Waals surface area contributed by atoms with Gasteiger partial charge >= 0.3 is 0 Å². The minimum Gasteiger partial charge on any atom is -0.347 e. The van der Waals surface area contributed by atoms with Crippen molar-refractivity contribution in [1.29, 1.82) is 0 Å². The van der Waals surface area contributed by atoms with Crippen LogP contribution in [0, 0.1) is 0 Å². The molecule has 19 heavy (non-hydrogen) atoms. The van der Waals surface area contributed by atoms with Crippen LogP contribution in [0.1, 0.15) is 39.0 Å². The summed E-state index contributed by atoms with van der Waals surface area (Å²) in [5, 5.41) is 2.76. The summed E-state index contributed by atoms with van der Waals surface area (Å²) >= 11 is 0. The van der Waals surface area contributed by atoms with Crippen LogP contribution in [0.5, 0.6) is 0 Å². The first-order valence-corrected chi connectivity index (χ1v) is 8.91. The fraction of sp³-hybridized carbons (Fsp3) is 1.00. The Kier molecular flexibility index (Phi) is 4.87. The third-order valence-corrected chi connectivity index (χ3v) is 6.50. The highest BCUT2D eigenvalue weighted by Crippen LogP contribution is 2.38. The van der Waals surface area contributed by atoms with Crippen LogP contribution in [-0.2, 0) is 19.3 Å². The monoisotopic (exact) mass is 291 g/mol. The molecular weight excluding hydrogens is 266 g/mol. The molecule has 6 heteroatoms. The highest BCUT2D eigenvalue weighted by atomic mass is 32.2. The van der Waals surface area contributed by atoms with Gasteiger partial charge in [0.25, 0.3) is 0 Å². The summed E-state index contributed by atoms with van der Waals surface area (Å²) in [5.74, 6) is -0.375. The molecule has 2 atom stereocenters. The second-order valence-corrected chi connectivity index (χ2v) is 7.84. The predicted octanol–water partition coefficient (Wildman–Crippen LogP) is 1.08. The Hall–Kier alpha value is -0.170. The summed E-state index contributed by atoms with van der Waals surface area (Å²) in [5.41, 5.74) is 0. The van der Waals surface area contributed by atoms with Crippen LogP contribution in [0.2, 0.25) is 0 Å². The average Bonchev–Trinajstić information content (AvgIpc) is 2.85. The van der Waals surface area contributed by atoms with Gasteiger partial charge < -0.3 is 14.8 Å². The van der Waals surface area contributed by atoms with Gasteiger partial charge in [0.2, 0.25) is 0 Å². The van der Waals surface area contributed by atoms with Crippen LogP contribution >= 0.6 is 0 Å². The molecule has 0 aromatic rings. The van der Waals surface area contributed by atoms with Gasteiger partial charge in [-0.1, -0.05) is 13.3 Å². The molecule has 112 valence electrons. The molecule has 1 N–H and O–H groups in total. The number of hydrogen-bond donors (Lipinski definition) is 1. The molecule has 1 saturated heterocycles. The summed E-state index contributed by atoms with van der Waals surface area (Å²) in [4.78, 5) is 0. The van der Waals surface area contributed by atoms with Crippen molar-refractivity contribution < 1.29 is 17.9 Å². The van der Waals surface area contributed by atoms with Crippen molar-refractivity contribution >= 4 is 9.84 Å². The van der Waals surface area contributed by atoms with Gasteiger partial charge in [-0.3, -0.25) is 0 Å². The van der Waals surface area contributed by atoms with Crippen molar-refractivity contribution in [1.82, 2.24) is 5.32 Å². The van der Waals surface area contributed by atoms with Crippen LogP contribution in [-0.4, -0.2) is 51.5 Å². The molecule has 0 radical (unpaired) electrons. The van der Waals surface area contributed by atoms with Gasteiger partial charge in [-0.05, 0) is 19.9 Å². The lowest BCUT2D eigenvalue weighted by Crippen LogP contribution is -2.53. The number of ether oxygens (including phenoxy) is 2. The van der Waals surface area contributed by atoms with Gasteiger partial charge in [0.15, 0.2) is 15.6 Å². The SMILES string of the molecule is CCCCS(=O)(=O)C1CC2(CCC1NC)OCCO2. The van der Waals surface area contributed by atoms with E-state index in [1.807, 2.05) is 14.0 Å². The summed E-state index contributed by atoms with van der Waals surface area (Å²) in [6.07, 6.45) is 3.65. The summed E-state index contributed by atoms with van der Waals surface area (Å²) in [7, 11) is -1.26. The third kappa shape index (κ3) is 3.29. The maximum Gasteiger partial charge on any atom is 0.169 e. The molecule has 1 saturated carbocycles. The van der Waals surface area contributed by atoms with Crippen LogP contribution in [0.25, 0.3) is 0 Å². The molecule has 0 bridgehead atoms. The van der Waals surface area contributed by atoms with Gasteiger partial charge in [0, 0.05) is 18.9 Å². The van der Waals surface area contributed by atoms with E-state index in [4.69, 9.17) is 9.47 Å². The van der Waals surface area contributed by atoms with Gasteiger partial charge in [-0.25, -0.2) is 8.42 Å².